The number of aromatic nitrogens is 5. The molecule has 3 N–H and O–H groups in total. The predicted molar refractivity (Wildman–Crippen MR) is 167 cm³/mol. The molecular weight excluding hydrogens is 546 g/mol. The van der Waals surface area contributed by atoms with E-state index < -0.39 is 0 Å². The van der Waals surface area contributed by atoms with Crippen LogP contribution in [0.1, 0.15) is 31.7 Å². The van der Waals surface area contributed by atoms with Gasteiger partial charge in [0.05, 0.1) is 42.4 Å². The van der Waals surface area contributed by atoms with E-state index in [9.17, 15) is 4.79 Å². The Morgan fingerprint density at radius 1 is 1.19 bits per heavy atom. The number of amides is 1. The average molecular weight is 588 g/mol. The summed E-state index contributed by atoms with van der Waals surface area (Å²) in [5.41, 5.74) is 4.94. The minimum absolute atomic E-state index is 0.0138. The lowest BCUT2D eigenvalue weighted by Gasteiger charge is -2.37. The number of piperidine rings is 1. The van der Waals surface area contributed by atoms with Crippen molar-refractivity contribution in [2.24, 2.45) is 7.05 Å². The van der Waals surface area contributed by atoms with E-state index in [-0.39, 0.29) is 18.1 Å². The lowest BCUT2D eigenvalue weighted by atomic mass is 10.0. The van der Waals surface area contributed by atoms with E-state index in [0.717, 1.165) is 65.9 Å². The summed E-state index contributed by atoms with van der Waals surface area (Å²) >= 11 is 0. The van der Waals surface area contributed by atoms with Crippen LogP contribution in [0.2, 0.25) is 0 Å². The smallest absolute Gasteiger partial charge is 0.256 e. The summed E-state index contributed by atoms with van der Waals surface area (Å²) < 4.78 is 13.0. The van der Waals surface area contributed by atoms with Crippen molar-refractivity contribution in [3.8, 4) is 17.1 Å². The zero-order valence-corrected chi connectivity index (χ0v) is 25.6. The summed E-state index contributed by atoms with van der Waals surface area (Å²) in [6, 6.07) is 6.13. The third-order valence-corrected chi connectivity index (χ3v) is 8.60. The first kappa shape index (κ1) is 29.1. The molecule has 1 amide bonds. The number of aromatic amines is 1. The van der Waals surface area contributed by atoms with Crippen LogP contribution in [0.5, 0.6) is 5.88 Å². The van der Waals surface area contributed by atoms with E-state index in [2.05, 4.69) is 42.5 Å². The van der Waals surface area contributed by atoms with Crippen LogP contribution in [0.4, 0.5) is 17.3 Å². The maximum Gasteiger partial charge on any atom is 0.256 e. The zero-order valence-electron chi connectivity index (χ0n) is 25.6. The van der Waals surface area contributed by atoms with E-state index in [1.807, 2.05) is 51.5 Å². The number of hydrogen-bond donors (Lipinski definition) is 3. The molecule has 43 heavy (non-hydrogen) atoms. The summed E-state index contributed by atoms with van der Waals surface area (Å²) in [5, 5.41) is 11.7. The fourth-order valence-corrected chi connectivity index (χ4v) is 6.44. The lowest BCUT2D eigenvalue weighted by molar-refractivity contribution is -0.121. The first-order valence-electron chi connectivity index (χ1n) is 15.0. The number of carbonyl (C=O) groups excluding carboxylic acids is 1. The van der Waals surface area contributed by atoms with E-state index in [1.165, 1.54) is 0 Å². The van der Waals surface area contributed by atoms with E-state index in [4.69, 9.17) is 14.5 Å². The highest BCUT2D eigenvalue weighted by Gasteiger charge is 2.41. The minimum Gasteiger partial charge on any atom is -0.478 e. The first-order chi connectivity index (χ1) is 20.8. The van der Waals surface area contributed by atoms with Crippen LogP contribution in [0.25, 0.3) is 22.2 Å². The number of aryl methyl sites for hydroxylation is 2. The molecule has 2 aliphatic heterocycles. The molecule has 0 saturated carbocycles. The van der Waals surface area contributed by atoms with Crippen LogP contribution in [-0.4, -0.2) is 99.0 Å². The summed E-state index contributed by atoms with van der Waals surface area (Å²) in [4.78, 5) is 31.3. The Balaban J connectivity index is 1.25. The van der Waals surface area contributed by atoms with Crippen LogP contribution < -0.4 is 15.4 Å². The van der Waals surface area contributed by atoms with E-state index in [1.54, 1.807) is 18.0 Å². The molecule has 12 nitrogen and oxygen atoms in total. The summed E-state index contributed by atoms with van der Waals surface area (Å²) in [6.45, 7) is 7.56. The molecule has 2 atom stereocenters. The van der Waals surface area contributed by atoms with Gasteiger partial charge in [0, 0.05) is 49.6 Å². The van der Waals surface area contributed by atoms with Crippen LogP contribution in [0.15, 0.2) is 36.8 Å². The molecule has 0 aliphatic carbocycles. The molecular formula is C31H41N9O3. The SMILES string of the molecule is CCO[C@H]1CC(C(=O)Nc2cccc3c(-c4nc(Nc5cn(C)nc5OC)ncc4C)c[nH]c23)N(C2CCN(C)CC2)C1. The number of ether oxygens (including phenoxy) is 2. The number of likely N-dealkylation sites (tertiary alicyclic amines) is 2. The maximum atomic E-state index is 13.9. The summed E-state index contributed by atoms with van der Waals surface area (Å²) in [5.74, 6) is 0.912. The number of nitrogens with zero attached hydrogens (tertiary/aromatic N) is 6. The lowest BCUT2D eigenvalue weighted by Crippen LogP contribution is -2.49. The highest BCUT2D eigenvalue weighted by molar-refractivity contribution is 6.06. The quantitative estimate of drug-likeness (QED) is 0.267. The number of hydrogen-bond acceptors (Lipinski definition) is 9. The van der Waals surface area contributed by atoms with Gasteiger partial charge in [-0.25, -0.2) is 9.97 Å². The second-order valence-electron chi connectivity index (χ2n) is 11.6. The standard InChI is InChI=1S/C31H41N9O3/c1-6-43-21-14-26(40(17-21)20-10-12-38(3)13-11-20)29(41)34-24-9-7-8-22-23(16-32-28(22)24)27-19(2)15-33-31(36-27)35-25-18-39(4)37-30(25)42-5/h7-9,15-16,18,20-21,26,32H,6,10-14,17H2,1-5H3,(H,34,41)(H,33,35,36)/t21-,26?/m0/s1. The number of methoxy groups -OCH3 is 1. The Kier molecular flexibility index (Phi) is 8.33. The molecule has 0 bridgehead atoms. The van der Waals surface area contributed by atoms with Gasteiger partial charge in [0.1, 0.15) is 5.69 Å². The third-order valence-electron chi connectivity index (χ3n) is 8.60. The molecule has 5 heterocycles. The highest BCUT2D eigenvalue weighted by Crippen LogP contribution is 2.35. The van der Waals surface area contributed by atoms with Gasteiger partial charge in [-0.05, 0) is 64.9 Å². The van der Waals surface area contributed by atoms with Crippen molar-refractivity contribution in [1.82, 2.24) is 34.5 Å². The average Bonchev–Trinajstić information content (AvgIpc) is 3.72. The van der Waals surface area contributed by atoms with Crippen molar-refractivity contribution in [2.45, 2.75) is 51.3 Å². The second kappa shape index (κ2) is 12.3. The van der Waals surface area contributed by atoms with Crippen molar-refractivity contribution < 1.29 is 14.3 Å². The van der Waals surface area contributed by atoms with E-state index in [0.29, 0.717) is 36.6 Å². The van der Waals surface area contributed by atoms with Crippen molar-refractivity contribution in [2.75, 3.05) is 51.0 Å². The molecule has 2 aliphatic rings. The molecule has 12 heteroatoms. The molecule has 0 radical (unpaired) electrons. The number of carbonyl (C=O) groups is 1. The van der Waals surface area contributed by atoms with Gasteiger partial charge in [-0.1, -0.05) is 12.1 Å². The molecule has 1 unspecified atom stereocenters. The molecule has 2 saturated heterocycles. The van der Waals surface area contributed by atoms with Gasteiger partial charge in [0.15, 0.2) is 0 Å². The fraction of sp³-hybridized carbons (Fsp3) is 0.484. The molecule has 2 fully saturated rings. The van der Waals surface area contributed by atoms with E-state index >= 15 is 0 Å². The van der Waals surface area contributed by atoms with Gasteiger partial charge in [0.25, 0.3) is 5.88 Å². The summed E-state index contributed by atoms with van der Waals surface area (Å²) in [6.07, 6.45) is 8.46. The number of nitrogens with one attached hydrogen (secondary N) is 3. The topological polar surface area (TPSA) is 125 Å². The number of H-pyrrole nitrogens is 1. The van der Waals surface area contributed by atoms with Crippen molar-refractivity contribution in [3.05, 3.63) is 42.4 Å². The highest BCUT2D eigenvalue weighted by atomic mass is 16.5. The van der Waals surface area contributed by atoms with Gasteiger partial charge >= 0.3 is 0 Å². The monoisotopic (exact) mass is 587 g/mol. The Morgan fingerprint density at radius 2 is 2.00 bits per heavy atom. The summed E-state index contributed by atoms with van der Waals surface area (Å²) in [7, 11) is 5.57. The molecule has 0 spiro atoms. The molecule has 4 aromatic rings. The van der Waals surface area contributed by atoms with Gasteiger partial charge in [-0.15, -0.1) is 5.10 Å². The van der Waals surface area contributed by atoms with Crippen molar-refractivity contribution in [3.63, 3.8) is 0 Å². The Morgan fingerprint density at radius 3 is 2.77 bits per heavy atom. The van der Waals surface area contributed by atoms with Crippen molar-refractivity contribution >= 4 is 34.1 Å². The molecule has 6 rings (SSSR count). The zero-order chi connectivity index (χ0) is 30.1. The number of fused-ring (bicyclic) bond motifs is 1. The fourth-order valence-electron chi connectivity index (χ4n) is 6.44. The largest absolute Gasteiger partial charge is 0.478 e. The number of rotatable bonds is 9. The Labute approximate surface area is 251 Å². The second-order valence-corrected chi connectivity index (χ2v) is 11.6. The number of para-hydroxylation sites is 1. The van der Waals surface area contributed by atoms with Gasteiger partial charge < -0.3 is 30.0 Å². The third kappa shape index (κ3) is 5.95. The van der Waals surface area contributed by atoms with Crippen LogP contribution in [0.3, 0.4) is 0 Å². The molecule has 228 valence electrons. The van der Waals surface area contributed by atoms with Crippen LogP contribution >= 0.6 is 0 Å². The Hall–Kier alpha value is -4.00. The van der Waals surface area contributed by atoms with Gasteiger partial charge in [0.2, 0.25) is 11.9 Å². The van der Waals surface area contributed by atoms with Gasteiger partial charge in [-0.2, -0.15) is 0 Å². The first-order valence-corrected chi connectivity index (χ1v) is 15.0. The van der Waals surface area contributed by atoms with Gasteiger partial charge in [-0.3, -0.25) is 14.4 Å². The molecule has 1 aromatic carbocycles. The minimum atomic E-state index is -0.225. The Bertz CT molecular complexity index is 1590. The number of anilines is 3. The number of benzene rings is 1. The maximum absolute atomic E-state index is 13.9. The van der Waals surface area contributed by atoms with Crippen LogP contribution in [0, 0.1) is 6.92 Å². The van der Waals surface area contributed by atoms with Crippen LogP contribution in [-0.2, 0) is 16.6 Å². The van der Waals surface area contributed by atoms with Crippen molar-refractivity contribution in [1.29, 1.82) is 0 Å². The molecule has 3 aromatic heterocycles. The predicted octanol–water partition coefficient (Wildman–Crippen LogP) is 3.93. The normalized spacial score (nSPS) is 20.1.